The summed E-state index contributed by atoms with van der Waals surface area (Å²) in [5.74, 6) is -24.8. The number of aliphatic hydroxyl groups excluding tert-OH is 2. The van der Waals surface area contributed by atoms with E-state index < -0.39 is 71.4 Å². The van der Waals surface area contributed by atoms with E-state index in [1.807, 2.05) is 0 Å². The molecule has 6 unspecified atom stereocenters. The molecule has 1 saturated carbocycles. The molecule has 244 valence electrons. The number of benzene rings is 2. The largest absolute Gasteiger partial charge is 0.459 e. The van der Waals surface area contributed by atoms with Gasteiger partial charge in [-0.3, -0.25) is 0 Å². The van der Waals surface area contributed by atoms with Crippen LogP contribution >= 0.6 is 0 Å². The van der Waals surface area contributed by atoms with Crippen molar-refractivity contribution in [3.8, 4) is 11.5 Å². The Morgan fingerprint density at radius 2 is 1.09 bits per heavy atom. The Balaban J connectivity index is 1.76. The van der Waals surface area contributed by atoms with Crippen LogP contribution in [0.15, 0.2) is 48.5 Å². The number of aliphatic hydroxyl groups is 2. The molecule has 0 bridgehead atoms. The lowest BCUT2D eigenvalue weighted by molar-refractivity contribution is -0.527. The van der Waals surface area contributed by atoms with Crippen LogP contribution in [0.3, 0.4) is 0 Å². The van der Waals surface area contributed by atoms with Gasteiger partial charge in [0, 0.05) is 12.8 Å². The lowest BCUT2D eigenvalue weighted by atomic mass is 9.76. The average Bonchev–Trinajstić information content (AvgIpc) is 2.96. The van der Waals surface area contributed by atoms with Crippen LogP contribution in [0.5, 0.6) is 11.5 Å². The molecule has 14 heteroatoms. The number of alkyl halides is 6. The maximum absolute atomic E-state index is 15.5. The number of rotatable bonds is 14. The summed E-state index contributed by atoms with van der Waals surface area (Å²) in [6.45, 7) is 6.47. The highest BCUT2D eigenvalue weighted by Crippen LogP contribution is 2.68. The fourth-order valence-electron chi connectivity index (χ4n) is 4.39. The number of carbonyl (C=O) groups is 2. The van der Waals surface area contributed by atoms with Gasteiger partial charge in [-0.1, -0.05) is 13.8 Å². The molecule has 0 radical (unpaired) electrons. The standard InChI is InChI=1S/C30H34F6O8/c1-5-21(38)16-18(4)41-25(39)19-7-11-23(12-8-19)43-29(35)27(31,32)28(33,34)30(29,36)44-24-13-9-20(10-14-24)26(40)42-22(6-2)15-17(3)37/h7-14,17-18,21-22,37-38H,5-6,15-16H2,1-4H3. The molecule has 2 aromatic carbocycles. The minimum absolute atomic E-state index is 0.141. The molecule has 0 heterocycles. The van der Waals surface area contributed by atoms with E-state index in [9.17, 15) is 37.4 Å². The molecule has 2 N–H and O–H groups in total. The lowest BCUT2D eigenvalue weighted by Gasteiger charge is -2.55. The van der Waals surface area contributed by atoms with Crippen LogP contribution in [-0.2, 0) is 9.47 Å². The highest BCUT2D eigenvalue weighted by Gasteiger charge is 3.03. The number of ether oxygens (including phenoxy) is 4. The van der Waals surface area contributed by atoms with Crippen LogP contribution in [0, 0.1) is 0 Å². The Hall–Kier alpha value is -3.52. The van der Waals surface area contributed by atoms with E-state index in [-0.39, 0.29) is 24.0 Å². The summed E-state index contributed by atoms with van der Waals surface area (Å²) in [6.07, 6.45) is -1.72. The van der Waals surface area contributed by atoms with Crippen molar-refractivity contribution in [3.63, 3.8) is 0 Å². The molecule has 1 aliphatic rings. The van der Waals surface area contributed by atoms with Crippen molar-refractivity contribution >= 4 is 11.9 Å². The third kappa shape index (κ3) is 6.60. The highest BCUT2D eigenvalue weighted by molar-refractivity contribution is 5.90. The van der Waals surface area contributed by atoms with Crippen molar-refractivity contribution in [2.24, 2.45) is 0 Å². The SMILES string of the molecule is CCC(O)CC(C)OC(=O)c1ccc(OC2(F)C(F)(F)C(F)(F)C2(F)Oc2ccc(C(=O)OC(CC)CC(C)O)cc2)cc1. The number of carbonyl (C=O) groups excluding carboxylic acids is 2. The van der Waals surface area contributed by atoms with E-state index in [4.69, 9.17) is 9.47 Å². The van der Waals surface area contributed by atoms with E-state index in [0.29, 0.717) is 12.8 Å². The first kappa shape index (κ1) is 35.0. The van der Waals surface area contributed by atoms with Crippen molar-refractivity contribution in [2.45, 2.75) is 101 Å². The number of hydrogen-bond donors (Lipinski definition) is 2. The highest BCUT2D eigenvalue weighted by atomic mass is 19.3. The van der Waals surface area contributed by atoms with Crippen LogP contribution in [0.4, 0.5) is 26.3 Å². The summed E-state index contributed by atoms with van der Waals surface area (Å²) >= 11 is 0. The van der Waals surface area contributed by atoms with Crippen LogP contribution in [0.2, 0.25) is 0 Å². The molecular formula is C30H34F6O8. The lowest BCUT2D eigenvalue weighted by Crippen LogP contribution is -2.89. The van der Waals surface area contributed by atoms with Crippen molar-refractivity contribution in [3.05, 3.63) is 59.7 Å². The Morgan fingerprint density at radius 3 is 1.45 bits per heavy atom. The van der Waals surface area contributed by atoms with Gasteiger partial charge in [0.25, 0.3) is 0 Å². The van der Waals surface area contributed by atoms with Gasteiger partial charge >= 0.3 is 35.5 Å². The number of halogens is 6. The summed E-state index contributed by atoms with van der Waals surface area (Å²) in [7, 11) is 0. The van der Waals surface area contributed by atoms with Gasteiger partial charge in [0.15, 0.2) is 0 Å². The monoisotopic (exact) mass is 636 g/mol. The van der Waals surface area contributed by atoms with Crippen LogP contribution < -0.4 is 9.47 Å². The molecule has 0 saturated heterocycles. The van der Waals surface area contributed by atoms with Crippen molar-refractivity contribution in [1.82, 2.24) is 0 Å². The van der Waals surface area contributed by atoms with E-state index >= 15 is 8.78 Å². The van der Waals surface area contributed by atoms with E-state index in [1.54, 1.807) is 13.8 Å². The Labute approximate surface area is 249 Å². The molecule has 1 aliphatic carbocycles. The van der Waals surface area contributed by atoms with E-state index in [1.165, 1.54) is 13.8 Å². The molecular weight excluding hydrogens is 602 g/mol. The smallest absolute Gasteiger partial charge is 0.395 e. The second-order valence-electron chi connectivity index (χ2n) is 10.6. The summed E-state index contributed by atoms with van der Waals surface area (Å²) in [6, 6.07) is 6.96. The molecule has 1 fully saturated rings. The Bertz CT molecular complexity index is 1290. The zero-order valence-electron chi connectivity index (χ0n) is 24.4. The first-order chi connectivity index (χ1) is 20.4. The second kappa shape index (κ2) is 13.2. The van der Waals surface area contributed by atoms with Gasteiger partial charge in [-0.15, -0.1) is 0 Å². The Kier molecular flexibility index (Phi) is 10.5. The maximum atomic E-state index is 15.5. The fourth-order valence-corrected chi connectivity index (χ4v) is 4.39. The summed E-state index contributed by atoms with van der Waals surface area (Å²) in [4.78, 5) is 24.7. The molecule has 8 nitrogen and oxygen atoms in total. The summed E-state index contributed by atoms with van der Waals surface area (Å²) in [5.41, 5.74) is -0.288. The predicted octanol–water partition coefficient (Wildman–Crippen LogP) is 6.17. The zero-order valence-corrected chi connectivity index (χ0v) is 24.4. The molecule has 0 aromatic heterocycles. The van der Waals surface area contributed by atoms with Crippen LogP contribution in [0.25, 0.3) is 0 Å². The van der Waals surface area contributed by atoms with Crippen molar-refractivity contribution in [2.75, 3.05) is 0 Å². The molecule has 0 spiro atoms. The van der Waals surface area contributed by atoms with Gasteiger partial charge < -0.3 is 29.2 Å². The molecule has 0 amide bonds. The topological polar surface area (TPSA) is 112 Å². The average molecular weight is 637 g/mol. The van der Waals surface area contributed by atoms with Crippen LogP contribution in [-0.4, -0.2) is 70.1 Å². The number of hydrogen-bond acceptors (Lipinski definition) is 8. The van der Waals surface area contributed by atoms with Gasteiger partial charge in [0.2, 0.25) is 0 Å². The molecule has 0 aliphatic heterocycles. The third-order valence-electron chi connectivity index (χ3n) is 7.03. The van der Waals surface area contributed by atoms with E-state index in [0.717, 1.165) is 48.5 Å². The fraction of sp³-hybridized carbons (Fsp3) is 0.533. The minimum atomic E-state index is -5.69. The first-order valence-electron chi connectivity index (χ1n) is 13.9. The molecule has 3 rings (SSSR count). The molecule has 44 heavy (non-hydrogen) atoms. The first-order valence-corrected chi connectivity index (χ1v) is 13.9. The van der Waals surface area contributed by atoms with Gasteiger partial charge in [-0.25, -0.2) is 9.59 Å². The van der Waals surface area contributed by atoms with Gasteiger partial charge in [0.1, 0.15) is 23.7 Å². The quantitative estimate of drug-likeness (QED) is 0.187. The Morgan fingerprint density at radius 1 is 0.682 bits per heavy atom. The van der Waals surface area contributed by atoms with E-state index in [2.05, 4.69) is 9.47 Å². The molecule has 2 aromatic rings. The van der Waals surface area contributed by atoms with Gasteiger partial charge in [-0.05, 0) is 75.2 Å². The zero-order chi connectivity index (χ0) is 33.1. The minimum Gasteiger partial charge on any atom is -0.459 e. The van der Waals surface area contributed by atoms with Gasteiger partial charge in [0.05, 0.1) is 23.3 Å². The third-order valence-corrected chi connectivity index (χ3v) is 7.03. The normalized spacial score (nSPS) is 24.6. The van der Waals surface area contributed by atoms with Crippen molar-refractivity contribution in [1.29, 1.82) is 0 Å². The second-order valence-corrected chi connectivity index (χ2v) is 10.6. The van der Waals surface area contributed by atoms with Crippen molar-refractivity contribution < 1.29 is 65.1 Å². The number of esters is 2. The summed E-state index contributed by atoms with van der Waals surface area (Å²) in [5, 5.41) is 19.2. The van der Waals surface area contributed by atoms with Crippen LogP contribution in [0.1, 0.15) is 74.1 Å². The molecule has 6 atom stereocenters. The summed E-state index contributed by atoms with van der Waals surface area (Å²) < 4.78 is 108. The maximum Gasteiger partial charge on any atom is 0.395 e. The predicted molar refractivity (Wildman–Crippen MR) is 143 cm³/mol. The van der Waals surface area contributed by atoms with Gasteiger partial charge in [-0.2, -0.15) is 26.3 Å².